The van der Waals surface area contributed by atoms with E-state index in [0.717, 1.165) is 23.3 Å². The van der Waals surface area contributed by atoms with Gasteiger partial charge in [0.05, 0.1) is 25.2 Å². The SMILES string of the molecule is COc1ccc(-c2cnn(CCCC(=O)Nc3cnn(C)c3)c2)cc1. The maximum absolute atomic E-state index is 11.9. The van der Waals surface area contributed by atoms with Crippen LogP contribution in [0.25, 0.3) is 11.1 Å². The van der Waals surface area contributed by atoms with Gasteiger partial charge in [-0.1, -0.05) is 12.1 Å². The van der Waals surface area contributed by atoms with E-state index in [9.17, 15) is 4.79 Å². The number of anilines is 1. The first-order valence-electron chi connectivity index (χ1n) is 8.09. The van der Waals surface area contributed by atoms with Gasteiger partial charge in [-0.25, -0.2) is 0 Å². The Morgan fingerprint density at radius 1 is 1.12 bits per heavy atom. The summed E-state index contributed by atoms with van der Waals surface area (Å²) in [6.45, 7) is 0.691. The molecule has 7 heteroatoms. The van der Waals surface area contributed by atoms with E-state index in [1.807, 2.05) is 48.4 Å². The molecular weight excluding hydrogens is 318 g/mol. The van der Waals surface area contributed by atoms with Crippen LogP contribution in [0, 0.1) is 0 Å². The minimum atomic E-state index is -0.0180. The molecule has 0 aliphatic rings. The number of benzene rings is 1. The number of carbonyl (C=O) groups excluding carboxylic acids is 1. The summed E-state index contributed by atoms with van der Waals surface area (Å²) in [5, 5.41) is 11.2. The minimum Gasteiger partial charge on any atom is -0.497 e. The Labute approximate surface area is 146 Å². The van der Waals surface area contributed by atoms with Crippen LogP contribution in [-0.4, -0.2) is 32.6 Å². The lowest BCUT2D eigenvalue weighted by atomic mass is 10.1. The second kappa shape index (κ2) is 7.65. The minimum absolute atomic E-state index is 0.0180. The van der Waals surface area contributed by atoms with Crippen LogP contribution in [0.5, 0.6) is 5.75 Å². The Morgan fingerprint density at radius 2 is 1.92 bits per heavy atom. The van der Waals surface area contributed by atoms with Gasteiger partial charge >= 0.3 is 0 Å². The molecule has 0 radical (unpaired) electrons. The zero-order valence-electron chi connectivity index (χ0n) is 14.3. The third-order valence-electron chi connectivity index (χ3n) is 3.84. The number of hydrogen-bond donors (Lipinski definition) is 1. The highest BCUT2D eigenvalue weighted by molar-refractivity contribution is 5.90. The van der Waals surface area contributed by atoms with Gasteiger partial charge in [-0.3, -0.25) is 14.2 Å². The number of nitrogens with one attached hydrogen (secondary N) is 1. The molecule has 1 aromatic carbocycles. The van der Waals surface area contributed by atoms with E-state index in [2.05, 4.69) is 15.5 Å². The number of carbonyl (C=O) groups is 1. The van der Waals surface area contributed by atoms with Crippen molar-refractivity contribution < 1.29 is 9.53 Å². The van der Waals surface area contributed by atoms with Gasteiger partial charge in [-0.05, 0) is 24.1 Å². The van der Waals surface area contributed by atoms with Crippen molar-refractivity contribution in [1.82, 2.24) is 19.6 Å². The van der Waals surface area contributed by atoms with Crippen LogP contribution in [0.4, 0.5) is 5.69 Å². The number of ether oxygens (including phenoxy) is 1. The molecule has 0 unspecified atom stereocenters. The number of amides is 1. The number of nitrogens with zero attached hydrogens (tertiary/aromatic N) is 4. The predicted octanol–water partition coefficient (Wildman–Crippen LogP) is 2.71. The van der Waals surface area contributed by atoms with Gasteiger partial charge in [0.15, 0.2) is 0 Å². The Kier molecular flexibility index (Phi) is 5.13. The van der Waals surface area contributed by atoms with Crippen LogP contribution in [0.1, 0.15) is 12.8 Å². The van der Waals surface area contributed by atoms with Crippen molar-refractivity contribution in [3.05, 3.63) is 49.1 Å². The molecule has 0 bridgehead atoms. The summed E-state index contributed by atoms with van der Waals surface area (Å²) < 4.78 is 8.68. The fourth-order valence-electron chi connectivity index (χ4n) is 2.53. The Balaban J connectivity index is 1.48. The van der Waals surface area contributed by atoms with Crippen LogP contribution >= 0.6 is 0 Å². The number of rotatable bonds is 7. The molecule has 0 saturated heterocycles. The first kappa shape index (κ1) is 16.8. The fourth-order valence-corrected chi connectivity index (χ4v) is 2.53. The number of aryl methyl sites for hydroxylation is 2. The normalized spacial score (nSPS) is 10.6. The van der Waals surface area contributed by atoms with Gasteiger partial charge in [0.1, 0.15) is 5.75 Å². The Morgan fingerprint density at radius 3 is 2.60 bits per heavy atom. The standard InChI is InChI=1S/C18H21N5O2/c1-22-13-16(11-19-22)21-18(24)4-3-9-23-12-15(10-20-23)14-5-7-17(25-2)8-6-14/h5-8,10-13H,3-4,9H2,1-2H3,(H,21,24). The lowest BCUT2D eigenvalue weighted by molar-refractivity contribution is -0.116. The quantitative estimate of drug-likeness (QED) is 0.718. The second-order valence-electron chi connectivity index (χ2n) is 5.77. The lowest BCUT2D eigenvalue weighted by Crippen LogP contribution is -2.12. The predicted molar refractivity (Wildman–Crippen MR) is 95.3 cm³/mol. The van der Waals surface area contributed by atoms with Crippen LogP contribution in [0.15, 0.2) is 49.1 Å². The Hall–Kier alpha value is -3.09. The summed E-state index contributed by atoms with van der Waals surface area (Å²) in [4.78, 5) is 11.9. The molecule has 0 aliphatic heterocycles. The molecule has 7 nitrogen and oxygen atoms in total. The molecule has 2 heterocycles. The van der Waals surface area contributed by atoms with Crippen LogP contribution in [-0.2, 0) is 18.4 Å². The first-order valence-corrected chi connectivity index (χ1v) is 8.09. The van der Waals surface area contributed by atoms with Crippen molar-refractivity contribution in [3.8, 4) is 16.9 Å². The van der Waals surface area contributed by atoms with E-state index >= 15 is 0 Å². The maximum Gasteiger partial charge on any atom is 0.224 e. The van der Waals surface area contributed by atoms with Gasteiger partial charge in [0.25, 0.3) is 0 Å². The molecule has 1 N–H and O–H groups in total. The summed E-state index contributed by atoms with van der Waals surface area (Å²) in [6.07, 6.45) is 8.37. The number of aromatic nitrogens is 4. The van der Waals surface area contributed by atoms with Gasteiger partial charge in [0.2, 0.25) is 5.91 Å². The molecule has 0 aliphatic carbocycles. The van der Waals surface area contributed by atoms with E-state index in [0.29, 0.717) is 18.7 Å². The molecule has 0 saturated carbocycles. The summed E-state index contributed by atoms with van der Waals surface area (Å²) in [7, 11) is 3.46. The van der Waals surface area contributed by atoms with Crippen LogP contribution < -0.4 is 10.1 Å². The molecule has 0 atom stereocenters. The van der Waals surface area contributed by atoms with Gasteiger partial charge in [-0.2, -0.15) is 10.2 Å². The zero-order chi connectivity index (χ0) is 17.6. The molecule has 2 aromatic heterocycles. The van der Waals surface area contributed by atoms with E-state index < -0.39 is 0 Å². The lowest BCUT2D eigenvalue weighted by Gasteiger charge is -2.03. The molecular formula is C18H21N5O2. The monoisotopic (exact) mass is 339 g/mol. The largest absolute Gasteiger partial charge is 0.497 e. The van der Waals surface area contributed by atoms with Gasteiger partial charge in [-0.15, -0.1) is 0 Å². The van der Waals surface area contributed by atoms with Crippen molar-refractivity contribution in [1.29, 1.82) is 0 Å². The first-order chi connectivity index (χ1) is 12.1. The summed E-state index contributed by atoms with van der Waals surface area (Å²) in [5.74, 6) is 0.811. The van der Waals surface area contributed by atoms with Crippen molar-refractivity contribution in [2.24, 2.45) is 7.05 Å². The zero-order valence-corrected chi connectivity index (χ0v) is 14.3. The van der Waals surface area contributed by atoms with Crippen LogP contribution in [0.3, 0.4) is 0 Å². The number of methoxy groups -OCH3 is 1. The van der Waals surface area contributed by atoms with E-state index in [1.54, 1.807) is 24.2 Å². The average Bonchev–Trinajstić information content (AvgIpc) is 3.24. The summed E-state index contributed by atoms with van der Waals surface area (Å²) >= 11 is 0. The highest BCUT2D eigenvalue weighted by Gasteiger charge is 2.06. The molecule has 3 aromatic rings. The molecule has 0 spiro atoms. The maximum atomic E-state index is 11.9. The van der Waals surface area contributed by atoms with Gasteiger partial charge < -0.3 is 10.1 Å². The molecule has 3 rings (SSSR count). The van der Waals surface area contributed by atoms with Crippen molar-refractivity contribution in [2.45, 2.75) is 19.4 Å². The smallest absolute Gasteiger partial charge is 0.224 e. The third-order valence-corrected chi connectivity index (χ3v) is 3.84. The van der Waals surface area contributed by atoms with Gasteiger partial charge in [0, 0.05) is 38.0 Å². The summed E-state index contributed by atoms with van der Waals surface area (Å²) in [6, 6.07) is 7.86. The van der Waals surface area contributed by atoms with Crippen molar-refractivity contribution >= 4 is 11.6 Å². The summed E-state index contributed by atoms with van der Waals surface area (Å²) in [5.41, 5.74) is 2.84. The second-order valence-corrected chi connectivity index (χ2v) is 5.77. The molecule has 1 amide bonds. The van der Waals surface area contributed by atoms with Crippen LogP contribution in [0.2, 0.25) is 0 Å². The topological polar surface area (TPSA) is 74.0 Å². The van der Waals surface area contributed by atoms with Crippen molar-refractivity contribution in [3.63, 3.8) is 0 Å². The molecule has 130 valence electrons. The highest BCUT2D eigenvalue weighted by Crippen LogP contribution is 2.21. The fraction of sp³-hybridized carbons (Fsp3) is 0.278. The molecule has 25 heavy (non-hydrogen) atoms. The van der Waals surface area contributed by atoms with E-state index in [-0.39, 0.29) is 5.91 Å². The van der Waals surface area contributed by atoms with Crippen molar-refractivity contribution in [2.75, 3.05) is 12.4 Å². The number of hydrogen-bond acceptors (Lipinski definition) is 4. The average molecular weight is 339 g/mol. The highest BCUT2D eigenvalue weighted by atomic mass is 16.5. The molecule has 0 fully saturated rings. The van der Waals surface area contributed by atoms with E-state index in [4.69, 9.17) is 4.74 Å². The van der Waals surface area contributed by atoms with E-state index in [1.165, 1.54) is 0 Å². The Bertz CT molecular complexity index is 835. The third kappa shape index (κ3) is 4.47.